The smallest absolute Gasteiger partial charge is 0.248 e. The van der Waals surface area contributed by atoms with Gasteiger partial charge >= 0.3 is 0 Å². The van der Waals surface area contributed by atoms with E-state index in [2.05, 4.69) is 89.2 Å². The van der Waals surface area contributed by atoms with Crippen molar-refractivity contribution < 1.29 is 4.42 Å². The second kappa shape index (κ2) is 9.72. The fraction of sp³-hybridized carbons (Fsp3) is 0.0588. The number of oxazole rings is 1. The molecule has 6 rings (SSSR count). The zero-order valence-corrected chi connectivity index (χ0v) is 21.2. The Morgan fingerprint density at radius 3 is 1.82 bits per heavy atom. The van der Waals surface area contributed by atoms with Crippen LogP contribution in [0.3, 0.4) is 0 Å². The lowest BCUT2D eigenvalue weighted by atomic mass is 10.1. The van der Waals surface area contributed by atoms with Gasteiger partial charge in [0.25, 0.3) is 0 Å². The SMILES string of the molecule is [C-]#[N+]/C(=C\c1ccc(N(c2ccc(C)cc2)c2ccc(C)cc2)cc1)c1nc2cc3ccccc3cc2o1. The summed E-state index contributed by atoms with van der Waals surface area (Å²) in [6.07, 6.45) is 1.82. The standard InChI is InChI=1S/C34H25N3O/c1-23-8-14-28(15-9-23)37(29-16-10-24(2)11-17-29)30-18-12-25(13-19-30)20-32(35-3)34-36-31-21-26-6-4-5-7-27(26)22-33(31)38-34/h4-22H,1-2H3/b32-20-. The van der Waals surface area contributed by atoms with Crippen LogP contribution in [0.2, 0.25) is 0 Å². The summed E-state index contributed by atoms with van der Waals surface area (Å²) in [6, 6.07) is 37.3. The zero-order valence-electron chi connectivity index (χ0n) is 21.2. The van der Waals surface area contributed by atoms with Crippen LogP contribution in [0.4, 0.5) is 17.1 Å². The van der Waals surface area contributed by atoms with E-state index in [4.69, 9.17) is 11.0 Å². The van der Waals surface area contributed by atoms with E-state index >= 15 is 0 Å². The first-order chi connectivity index (χ1) is 18.6. The quantitative estimate of drug-likeness (QED) is 0.225. The molecule has 0 amide bonds. The Bertz CT molecular complexity index is 1720. The molecule has 0 aliphatic rings. The van der Waals surface area contributed by atoms with E-state index in [1.165, 1.54) is 11.1 Å². The van der Waals surface area contributed by atoms with Gasteiger partial charge in [0.15, 0.2) is 5.58 Å². The summed E-state index contributed by atoms with van der Waals surface area (Å²) in [5, 5.41) is 2.17. The zero-order chi connectivity index (χ0) is 26.1. The summed E-state index contributed by atoms with van der Waals surface area (Å²) < 4.78 is 6.00. The minimum Gasteiger partial charge on any atom is -0.447 e. The molecule has 4 heteroatoms. The van der Waals surface area contributed by atoms with E-state index in [0.717, 1.165) is 38.9 Å². The molecule has 0 N–H and O–H groups in total. The molecule has 0 radical (unpaired) electrons. The first-order valence-electron chi connectivity index (χ1n) is 12.5. The van der Waals surface area contributed by atoms with Gasteiger partial charge in [-0.3, -0.25) is 0 Å². The molecule has 0 spiro atoms. The Morgan fingerprint density at radius 1 is 0.737 bits per heavy atom. The van der Waals surface area contributed by atoms with Gasteiger partial charge in [-0.2, -0.15) is 0 Å². The van der Waals surface area contributed by atoms with Crippen molar-refractivity contribution in [1.29, 1.82) is 0 Å². The normalized spacial score (nSPS) is 11.6. The van der Waals surface area contributed by atoms with E-state index in [1.54, 1.807) is 0 Å². The fourth-order valence-corrected chi connectivity index (χ4v) is 4.58. The molecule has 1 heterocycles. The molecule has 0 aliphatic carbocycles. The highest BCUT2D eigenvalue weighted by Crippen LogP contribution is 2.35. The summed E-state index contributed by atoms with van der Waals surface area (Å²) in [4.78, 5) is 10.6. The van der Waals surface area contributed by atoms with Crippen molar-refractivity contribution in [1.82, 2.24) is 4.98 Å². The van der Waals surface area contributed by atoms with Gasteiger partial charge in [0, 0.05) is 17.1 Å². The molecule has 0 fully saturated rings. The minimum absolute atomic E-state index is 0.329. The Hall–Kier alpha value is -5.14. The summed E-state index contributed by atoms with van der Waals surface area (Å²) in [6.45, 7) is 12.0. The van der Waals surface area contributed by atoms with E-state index in [1.807, 2.05) is 54.6 Å². The number of aryl methyl sites for hydroxylation is 2. The van der Waals surface area contributed by atoms with Gasteiger partial charge in [0.2, 0.25) is 11.6 Å². The lowest BCUT2D eigenvalue weighted by Crippen LogP contribution is -2.09. The van der Waals surface area contributed by atoms with Crippen LogP contribution in [0.5, 0.6) is 0 Å². The lowest BCUT2D eigenvalue weighted by molar-refractivity contribution is 0.586. The van der Waals surface area contributed by atoms with Gasteiger partial charge < -0.3 is 9.32 Å². The van der Waals surface area contributed by atoms with Crippen molar-refractivity contribution in [3.05, 3.63) is 143 Å². The Balaban J connectivity index is 1.35. The van der Waals surface area contributed by atoms with Crippen LogP contribution in [0.25, 0.3) is 38.5 Å². The molecule has 0 saturated carbocycles. The van der Waals surface area contributed by atoms with Crippen LogP contribution < -0.4 is 4.90 Å². The molecule has 182 valence electrons. The third-order valence-corrected chi connectivity index (χ3v) is 6.63. The number of anilines is 3. The number of aromatic nitrogens is 1. The Morgan fingerprint density at radius 2 is 1.26 bits per heavy atom. The topological polar surface area (TPSA) is 33.6 Å². The largest absolute Gasteiger partial charge is 0.447 e. The summed E-state index contributed by atoms with van der Waals surface area (Å²) >= 11 is 0. The van der Waals surface area contributed by atoms with Crippen molar-refractivity contribution in [3.8, 4) is 0 Å². The summed E-state index contributed by atoms with van der Waals surface area (Å²) in [5.74, 6) is 0.329. The van der Waals surface area contributed by atoms with Gasteiger partial charge in [0.1, 0.15) is 5.52 Å². The summed E-state index contributed by atoms with van der Waals surface area (Å²) in [7, 11) is 0. The molecule has 4 nitrogen and oxygen atoms in total. The van der Waals surface area contributed by atoms with Gasteiger partial charge in [0.05, 0.1) is 6.57 Å². The minimum atomic E-state index is 0.329. The van der Waals surface area contributed by atoms with Crippen LogP contribution in [0.1, 0.15) is 22.6 Å². The Labute approximate surface area is 221 Å². The number of benzene rings is 5. The first-order valence-corrected chi connectivity index (χ1v) is 12.5. The Kier molecular flexibility index (Phi) is 5.95. The molecule has 0 atom stereocenters. The third-order valence-electron chi connectivity index (χ3n) is 6.63. The number of nitrogens with zero attached hydrogens (tertiary/aromatic N) is 3. The van der Waals surface area contributed by atoms with Gasteiger partial charge in [-0.05, 0) is 84.8 Å². The highest BCUT2D eigenvalue weighted by molar-refractivity contribution is 5.95. The second-order valence-corrected chi connectivity index (χ2v) is 9.43. The van der Waals surface area contributed by atoms with Gasteiger partial charge in [-0.1, -0.05) is 71.8 Å². The maximum Gasteiger partial charge on any atom is 0.248 e. The van der Waals surface area contributed by atoms with Crippen molar-refractivity contribution in [2.24, 2.45) is 0 Å². The van der Waals surface area contributed by atoms with Crippen molar-refractivity contribution in [2.45, 2.75) is 13.8 Å². The third kappa shape index (κ3) is 4.54. The number of hydrogen-bond acceptors (Lipinski definition) is 3. The van der Waals surface area contributed by atoms with Gasteiger partial charge in [-0.15, -0.1) is 0 Å². The average Bonchev–Trinajstić information content (AvgIpc) is 3.36. The maximum atomic E-state index is 7.78. The lowest BCUT2D eigenvalue weighted by Gasteiger charge is -2.26. The number of rotatable bonds is 5. The average molecular weight is 492 g/mol. The van der Waals surface area contributed by atoms with Crippen molar-refractivity contribution in [3.63, 3.8) is 0 Å². The van der Waals surface area contributed by atoms with E-state index in [9.17, 15) is 0 Å². The van der Waals surface area contributed by atoms with Crippen molar-refractivity contribution >= 4 is 50.7 Å². The molecule has 0 aliphatic heterocycles. The van der Waals surface area contributed by atoms with Crippen LogP contribution in [-0.2, 0) is 0 Å². The van der Waals surface area contributed by atoms with Crippen molar-refractivity contribution in [2.75, 3.05) is 4.90 Å². The molecule has 5 aromatic carbocycles. The number of fused-ring (bicyclic) bond motifs is 2. The van der Waals surface area contributed by atoms with Gasteiger partial charge in [-0.25, -0.2) is 9.83 Å². The predicted molar refractivity (Wildman–Crippen MR) is 157 cm³/mol. The van der Waals surface area contributed by atoms with Crippen LogP contribution in [-0.4, -0.2) is 4.98 Å². The van der Waals surface area contributed by atoms with Crippen LogP contribution >= 0.6 is 0 Å². The highest BCUT2D eigenvalue weighted by Gasteiger charge is 2.14. The molecular weight excluding hydrogens is 466 g/mol. The molecular formula is C34H25N3O. The predicted octanol–water partition coefficient (Wildman–Crippen LogP) is 9.49. The molecule has 1 aromatic heterocycles. The molecule has 38 heavy (non-hydrogen) atoms. The molecule has 0 saturated heterocycles. The van der Waals surface area contributed by atoms with Crippen LogP contribution in [0, 0.1) is 20.4 Å². The van der Waals surface area contributed by atoms with E-state index < -0.39 is 0 Å². The molecule has 6 aromatic rings. The fourth-order valence-electron chi connectivity index (χ4n) is 4.58. The summed E-state index contributed by atoms with van der Waals surface area (Å²) in [5.41, 5.74) is 8.34. The monoisotopic (exact) mass is 491 g/mol. The first kappa shape index (κ1) is 23.3. The maximum absolute atomic E-state index is 7.78. The highest BCUT2D eigenvalue weighted by atomic mass is 16.3. The van der Waals surface area contributed by atoms with E-state index in [-0.39, 0.29) is 0 Å². The molecule has 0 unspecified atom stereocenters. The van der Waals surface area contributed by atoms with Crippen LogP contribution in [0.15, 0.2) is 114 Å². The molecule has 0 bridgehead atoms. The number of hydrogen-bond donors (Lipinski definition) is 0. The van der Waals surface area contributed by atoms with E-state index in [0.29, 0.717) is 17.2 Å². The second-order valence-electron chi connectivity index (χ2n) is 9.43.